The lowest BCUT2D eigenvalue weighted by Crippen LogP contribution is -2.32. The molecule has 0 aliphatic carbocycles. The summed E-state index contributed by atoms with van der Waals surface area (Å²) in [4.78, 5) is 1.25. The van der Waals surface area contributed by atoms with E-state index in [0.29, 0.717) is 18.0 Å². The normalized spacial score (nSPS) is 23.3. The summed E-state index contributed by atoms with van der Waals surface area (Å²) < 4.78 is 32.9. The van der Waals surface area contributed by atoms with Crippen molar-refractivity contribution in [3.05, 3.63) is 16.3 Å². The average molecular weight is 318 g/mol. The summed E-state index contributed by atoms with van der Waals surface area (Å²) in [6, 6.07) is 1.67. The van der Waals surface area contributed by atoms with Crippen molar-refractivity contribution in [2.24, 2.45) is 5.92 Å². The van der Waals surface area contributed by atoms with E-state index in [1.807, 2.05) is 19.2 Å². The monoisotopic (exact) mass is 318 g/mol. The first-order valence-electron chi connectivity index (χ1n) is 6.93. The SMILES string of the molecule is CCNCc1sccc1S(=O)(=O)NCC1CCOC1C. The number of hydrogen-bond donors (Lipinski definition) is 2. The molecule has 0 spiro atoms. The van der Waals surface area contributed by atoms with E-state index in [1.165, 1.54) is 11.3 Å². The molecule has 2 heterocycles. The van der Waals surface area contributed by atoms with Gasteiger partial charge in [-0.3, -0.25) is 0 Å². The zero-order chi connectivity index (χ0) is 14.6. The van der Waals surface area contributed by atoms with Crippen LogP contribution in [0, 0.1) is 5.92 Å². The van der Waals surface area contributed by atoms with E-state index in [0.717, 1.165) is 24.4 Å². The molecule has 0 bridgehead atoms. The van der Waals surface area contributed by atoms with Crippen molar-refractivity contribution in [2.45, 2.75) is 37.8 Å². The first kappa shape index (κ1) is 15.9. The molecular weight excluding hydrogens is 296 g/mol. The molecule has 1 aliphatic rings. The smallest absolute Gasteiger partial charge is 0.241 e. The number of nitrogens with one attached hydrogen (secondary N) is 2. The van der Waals surface area contributed by atoms with Crippen LogP contribution >= 0.6 is 11.3 Å². The van der Waals surface area contributed by atoms with Gasteiger partial charge in [0, 0.05) is 30.5 Å². The minimum absolute atomic E-state index is 0.126. The molecule has 1 aromatic heterocycles. The molecule has 5 nitrogen and oxygen atoms in total. The lowest BCUT2D eigenvalue weighted by molar-refractivity contribution is 0.107. The van der Waals surface area contributed by atoms with Gasteiger partial charge in [0.05, 0.1) is 11.0 Å². The number of rotatable bonds is 7. The standard InChI is InChI=1S/C13H22N2O3S2/c1-3-14-9-12-13(5-7-19-12)20(16,17)15-8-11-4-6-18-10(11)2/h5,7,10-11,14-15H,3-4,6,8-9H2,1-2H3. The van der Waals surface area contributed by atoms with Crippen LogP contribution in [0.3, 0.4) is 0 Å². The Morgan fingerprint density at radius 3 is 2.95 bits per heavy atom. The van der Waals surface area contributed by atoms with Gasteiger partial charge in [-0.25, -0.2) is 13.1 Å². The second kappa shape index (κ2) is 7.00. The van der Waals surface area contributed by atoms with E-state index in [9.17, 15) is 8.42 Å². The van der Waals surface area contributed by atoms with Gasteiger partial charge in [0.1, 0.15) is 0 Å². The van der Waals surface area contributed by atoms with Crippen molar-refractivity contribution < 1.29 is 13.2 Å². The Labute approximate surface area is 124 Å². The van der Waals surface area contributed by atoms with Crippen LogP contribution in [-0.2, 0) is 21.3 Å². The maximum absolute atomic E-state index is 12.4. The van der Waals surface area contributed by atoms with Crippen molar-refractivity contribution in [3.8, 4) is 0 Å². The predicted octanol–water partition coefficient (Wildman–Crippen LogP) is 1.56. The summed E-state index contributed by atoms with van der Waals surface area (Å²) in [5.74, 6) is 0.264. The van der Waals surface area contributed by atoms with Crippen LogP contribution in [0.4, 0.5) is 0 Å². The minimum atomic E-state index is -3.42. The lowest BCUT2D eigenvalue weighted by atomic mass is 10.0. The van der Waals surface area contributed by atoms with Crippen molar-refractivity contribution in [1.82, 2.24) is 10.0 Å². The summed E-state index contributed by atoms with van der Waals surface area (Å²) in [5, 5.41) is 4.99. The largest absolute Gasteiger partial charge is 0.378 e. The topological polar surface area (TPSA) is 67.4 Å². The summed E-state index contributed by atoms with van der Waals surface area (Å²) in [6.07, 6.45) is 1.04. The van der Waals surface area contributed by atoms with E-state index >= 15 is 0 Å². The summed E-state index contributed by atoms with van der Waals surface area (Å²) in [5.41, 5.74) is 0. The van der Waals surface area contributed by atoms with Gasteiger partial charge in [0.2, 0.25) is 10.0 Å². The van der Waals surface area contributed by atoms with Crippen LogP contribution in [0.1, 0.15) is 25.1 Å². The maximum atomic E-state index is 12.4. The highest BCUT2D eigenvalue weighted by atomic mass is 32.2. The Balaban J connectivity index is 2.01. The first-order chi connectivity index (χ1) is 9.54. The van der Waals surface area contributed by atoms with E-state index < -0.39 is 10.0 Å². The molecule has 20 heavy (non-hydrogen) atoms. The van der Waals surface area contributed by atoms with Gasteiger partial charge in [-0.1, -0.05) is 6.92 Å². The van der Waals surface area contributed by atoms with Crippen LogP contribution < -0.4 is 10.0 Å². The van der Waals surface area contributed by atoms with Gasteiger partial charge < -0.3 is 10.1 Å². The van der Waals surface area contributed by atoms with Crippen molar-refractivity contribution >= 4 is 21.4 Å². The van der Waals surface area contributed by atoms with Crippen molar-refractivity contribution in [3.63, 3.8) is 0 Å². The second-order valence-corrected chi connectivity index (χ2v) is 7.70. The number of thiophene rings is 1. The van der Waals surface area contributed by atoms with Crippen molar-refractivity contribution in [1.29, 1.82) is 0 Å². The van der Waals surface area contributed by atoms with Crippen LogP contribution in [0.15, 0.2) is 16.3 Å². The minimum Gasteiger partial charge on any atom is -0.378 e. The first-order valence-corrected chi connectivity index (χ1v) is 9.29. The molecule has 1 aliphatic heterocycles. The summed E-state index contributed by atoms with van der Waals surface area (Å²) in [6.45, 7) is 6.57. The molecule has 1 fully saturated rings. The summed E-state index contributed by atoms with van der Waals surface area (Å²) >= 11 is 1.47. The lowest BCUT2D eigenvalue weighted by Gasteiger charge is -2.15. The van der Waals surface area contributed by atoms with Gasteiger partial charge in [-0.2, -0.15) is 0 Å². The maximum Gasteiger partial charge on any atom is 0.241 e. The molecule has 0 amide bonds. The Bertz CT molecular complexity index is 527. The fourth-order valence-corrected chi connectivity index (χ4v) is 4.78. The van der Waals surface area contributed by atoms with Gasteiger partial charge in [0.15, 0.2) is 0 Å². The third-order valence-electron chi connectivity index (χ3n) is 3.60. The average Bonchev–Trinajstić information content (AvgIpc) is 3.03. The van der Waals surface area contributed by atoms with Crippen LogP contribution in [0.5, 0.6) is 0 Å². The molecule has 2 atom stereocenters. The molecule has 2 unspecified atom stereocenters. The quantitative estimate of drug-likeness (QED) is 0.801. The number of hydrogen-bond acceptors (Lipinski definition) is 5. The third-order valence-corrected chi connectivity index (χ3v) is 6.16. The molecule has 114 valence electrons. The number of ether oxygens (including phenoxy) is 1. The van der Waals surface area contributed by atoms with Gasteiger partial charge in [0.25, 0.3) is 0 Å². The molecule has 0 radical (unpaired) electrons. The molecule has 1 aromatic rings. The van der Waals surface area contributed by atoms with Crippen LogP contribution in [0.2, 0.25) is 0 Å². The molecule has 0 saturated carbocycles. The van der Waals surface area contributed by atoms with Gasteiger partial charge >= 0.3 is 0 Å². The van der Waals surface area contributed by atoms with E-state index in [-0.39, 0.29) is 12.0 Å². The highest BCUT2D eigenvalue weighted by Gasteiger charge is 2.27. The predicted molar refractivity (Wildman–Crippen MR) is 80.4 cm³/mol. The molecule has 0 aromatic carbocycles. The van der Waals surface area contributed by atoms with Crippen molar-refractivity contribution in [2.75, 3.05) is 19.7 Å². The van der Waals surface area contributed by atoms with E-state index in [2.05, 4.69) is 10.0 Å². The fourth-order valence-electron chi connectivity index (χ4n) is 2.27. The highest BCUT2D eigenvalue weighted by molar-refractivity contribution is 7.89. The molecule has 2 N–H and O–H groups in total. The second-order valence-electron chi connectivity index (χ2n) is 4.96. The summed E-state index contributed by atoms with van der Waals surface area (Å²) in [7, 11) is -3.42. The Kier molecular flexibility index (Phi) is 5.57. The van der Waals surface area contributed by atoms with Gasteiger partial charge in [-0.05, 0) is 31.3 Å². The Hall–Kier alpha value is -0.470. The molecular formula is C13H22N2O3S2. The molecule has 2 rings (SSSR count). The van der Waals surface area contributed by atoms with Crippen LogP contribution in [0.25, 0.3) is 0 Å². The third kappa shape index (κ3) is 3.79. The Morgan fingerprint density at radius 2 is 2.30 bits per heavy atom. The number of sulfonamides is 1. The van der Waals surface area contributed by atoms with E-state index in [4.69, 9.17) is 4.74 Å². The zero-order valence-corrected chi connectivity index (χ0v) is 13.5. The Morgan fingerprint density at radius 1 is 1.50 bits per heavy atom. The van der Waals surface area contributed by atoms with Gasteiger partial charge in [-0.15, -0.1) is 11.3 Å². The highest BCUT2D eigenvalue weighted by Crippen LogP contribution is 2.23. The van der Waals surface area contributed by atoms with E-state index in [1.54, 1.807) is 6.07 Å². The van der Waals surface area contributed by atoms with Crippen LogP contribution in [-0.4, -0.2) is 34.2 Å². The zero-order valence-electron chi connectivity index (χ0n) is 11.9. The molecule has 1 saturated heterocycles. The fraction of sp³-hybridized carbons (Fsp3) is 0.692. The molecule has 7 heteroatoms.